The van der Waals surface area contributed by atoms with Crippen molar-refractivity contribution in [2.24, 2.45) is 0 Å². The summed E-state index contributed by atoms with van der Waals surface area (Å²) in [7, 11) is 0. The van der Waals surface area contributed by atoms with Gasteiger partial charge < -0.3 is 4.74 Å². The summed E-state index contributed by atoms with van der Waals surface area (Å²) in [5, 5.41) is 0.731. The minimum Gasteiger partial charge on any atom is -0.497 e. The summed E-state index contributed by atoms with van der Waals surface area (Å²) in [6, 6.07) is 7.57. The minimum absolute atomic E-state index is 0.489. The molecule has 0 heterocycles. The maximum absolute atomic E-state index is 5.85. The van der Waals surface area contributed by atoms with Crippen molar-refractivity contribution in [1.29, 1.82) is 0 Å². The van der Waals surface area contributed by atoms with Gasteiger partial charge in [-0.2, -0.15) is 0 Å². The van der Waals surface area contributed by atoms with Crippen molar-refractivity contribution in [3.8, 4) is 0 Å². The van der Waals surface area contributed by atoms with Gasteiger partial charge in [-0.1, -0.05) is 36.4 Å². The Morgan fingerprint density at radius 3 is 2.82 bits per heavy atom. The van der Waals surface area contributed by atoms with Crippen LogP contribution in [0.25, 0.3) is 0 Å². The highest BCUT2D eigenvalue weighted by atomic mass is 35.5. The molecule has 11 heavy (non-hydrogen) atoms. The molecule has 0 atom stereocenters. The molecule has 0 radical (unpaired) electrons. The van der Waals surface area contributed by atoms with E-state index in [0.717, 1.165) is 10.6 Å². The fourth-order valence-electron chi connectivity index (χ4n) is 0.764. The molecule has 0 bridgehead atoms. The fourth-order valence-corrected chi connectivity index (χ4v) is 0.954. The predicted molar refractivity (Wildman–Crippen MR) is 46.4 cm³/mol. The van der Waals surface area contributed by atoms with E-state index in [9.17, 15) is 0 Å². The Morgan fingerprint density at radius 1 is 1.45 bits per heavy atom. The molecule has 1 aromatic carbocycles. The molecule has 2 heteroatoms. The van der Waals surface area contributed by atoms with Crippen LogP contribution in [0.3, 0.4) is 0 Å². The van der Waals surface area contributed by atoms with E-state index < -0.39 is 0 Å². The second kappa shape index (κ2) is 4.04. The topological polar surface area (TPSA) is 9.23 Å². The van der Waals surface area contributed by atoms with E-state index in [4.69, 9.17) is 16.3 Å². The molecule has 0 aliphatic heterocycles. The Balaban J connectivity index is 2.69. The number of ether oxygens (including phenoxy) is 1. The van der Waals surface area contributed by atoms with E-state index in [0.29, 0.717) is 6.61 Å². The van der Waals surface area contributed by atoms with Crippen LogP contribution >= 0.6 is 11.6 Å². The van der Waals surface area contributed by atoms with Gasteiger partial charge in [0.2, 0.25) is 0 Å². The van der Waals surface area contributed by atoms with Crippen molar-refractivity contribution in [2.45, 2.75) is 6.61 Å². The van der Waals surface area contributed by atoms with Crippen LogP contribution in [0.15, 0.2) is 37.1 Å². The summed E-state index contributed by atoms with van der Waals surface area (Å²) in [5.74, 6) is 0. The molecule has 0 aliphatic rings. The van der Waals surface area contributed by atoms with Crippen LogP contribution in [-0.2, 0) is 11.3 Å². The van der Waals surface area contributed by atoms with Crippen LogP contribution in [0.5, 0.6) is 0 Å². The van der Waals surface area contributed by atoms with E-state index >= 15 is 0 Å². The third-order valence-electron chi connectivity index (χ3n) is 1.31. The number of benzene rings is 1. The van der Waals surface area contributed by atoms with Crippen molar-refractivity contribution < 1.29 is 4.74 Å². The van der Waals surface area contributed by atoms with Gasteiger partial charge in [-0.05, 0) is 6.07 Å². The largest absolute Gasteiger partial charge is 0.497 e. The van der Waals surface area contributed by atoms with E-state index in [-0.39, 0.29) is 0 Å². The molecule has 1 aromatic rings. The molecule has 0 saturated carbocycles. The van der Waals surface area contributed by atoms with Crippen molar-refractivity contribution in [2.75, 3.05) is 0 Å². The summed E-state index contributed by atoms with van der Waals surface area (Å²) in [4.78, 5) is 0. The lowest BCUT2D eigenvalue weighted by Crippen LogP contribution is -1.86. The molecule has 0 spiro atoms. The van der Waals surface area contributed by atoms with E-state index in [1.807, 2.05) is 24.3 Å². The highest BCUT2D eigenvalue weighted by molar-refractivity contribution is 6.31. The normalized spacial score (nSPS) is 9.18. The first-order valence-corrected chi connectivity index (χ1v) is 3.68. The lowest BCUT2D eigenvalue weighted by molar-refractivity contribution is 0.238. The fraction of sp³-hybridized carbons (Fsp3) is 0.111. The van der Waals surface area contributed by atoms with Gasteiger partial charge in [0.1, 0.15) is 6.61 Å². The average Bonchev–Trinajstić information content (AvgIpc) is 2.03. The molecule has 0 aliphatic carbocycles. The highest BCUT2D eigenvalue weighted by Crippen LogP contribution is 2.15. The standard InChI is InChI=1S/C9H9ClO/c1-2-11-7-8-5-3-4-6-9(8)10/h2-6H,1,7H2. The van der Waals surface area contributed by atoms with Gasteiger partial charge in [0.25, 0.3) is 0 Å². The van der Waals surface area contributed by atoms with E-state index in [1.165, 1.54) is 6.26 Å². The van der Waals surface area contributed by atoms with Gasteiger partial charge in [0.05, 0.1) is 6.26 Å². The maximum Gasteiger partial charge on any atom is 0.114 e. The molecule has 0 N–H and O–H groups in total. The number of hydrogen-bond acceptors (Lipinski definition) is 1. The Morgan fingerprint density at radius 2 is 2.18 bits per heavy atom. The van der Waals surface area contributed by atoms with Gasteiger partial charge in [-0.3, -0.25) is 0 Å². The Kier molecular flexibility index (Phi) is 2.99. The quantitative estimate of drug-likeness (QED) is 0.631. The number of hydrogen-bond donors (Lipinski definition) is 0. The van der Waals surface area contributed by atoms with Gasteiger partial charge in [-0.15, -0.1) is 0 Å². The molecule has 1 nitrogen and oxygen atoms in total. The summed E-state index contributed by atoms with van der Waals surface area (Å²) in [6.45, 7) is 3.93. The van der Waals surface area contributed by atoms with Crippen LogP contribution in [0.1, 0.15) is 5.56 Å². The second-order valence-electron chi connectivity index (χ2n) is 2.07. The Bertz CT molecular complexity index is 245. The number of halogens is 1. The molecule has 0 unspecified atom stereocenters. The summed E-state index contributed by atoms with van der Waals surface area (Å²) in [6.07, 6.45) is 1.41. The van der Waals surface area contributed by atoms with Crippen molar-refractivity contribution in [3.05, 3.63) is 47.7 Å². The smallest absolute Gasteiger partial charge is 0.114 e. The molecular weight excluding hydrogens is 160 g/mol. The number of rotatable bonds is 3. The average molecular weight is 169 g/mol. The summed E-state index contributed by atoms with van der Waals surface area (Å²) >= 11 is 5.85. The molecule has 0 amide bonds. The maximum atomic E-state index is 5.85. The molecule has 0 aromatic heterocycles. The van der Waals surface area contributed by atoms with Crippen LogP contribution in [0.2, 0.25) is 5.02 Å². The first kappa shape index (κ1) is 8.15. The first-order valence-electron chi connectivity index (χ1n) is 3.30. The zero-order valence-corrected chi connectivity index (χ0v) is 6.84. The third kappa shape index (κ3) is 2.28. The minimum atomic E-state index is 0.489. The zero-order chi connectivity index (χ0) is 8.10. The Hall–Kier alpha value is -0.950. The molecule has 1 rings (SSSR count). The van der Waals surface area contributed by atoms with Gasteiger partial charge in [-0.25, -0.2) is 0 Å². The van der Waals surface area contributed by atoms with Crippen LogP contribution in [-0.4, -0.2) is 0 Å². The lowest BCUT2D eigenvalue weighted by Gasteiger charge is -2.01. The second-order valence-corrected chi connectivity index (χ2v) is 2.48. The van der Waals surface area contributed by atoms with E-state index in [2.05, 4.69) is 6.58 Å². The molecular formula is C9H9ClO. The van der Waals surface area contributed by atoms with Crippen molar-refractivity contribution in [1.82, 2.24) is 0 Å². The van der Waals surface area contributed by atoms with Gasteiger partial charge in [0.15, 0.2) is 0 Å². The first-order chi connectivity index (χ1) is 5.34. The van der Waals surface area contributed by atoms with Gasteiger partial charge in [0, 0.05) is 10.6 Å². The van der Waals surface area contributed by atoms with E-state index in [1.54, 1.807) is 0 Å². The predicted octanol–water partition coefficient (Wildman–Crippen LogP) is 3.00. The zero-order valence-electron chi connectivity index (χ0n) is 6.09. The third-order valence-corrected chi connectivity index (χ3v) is 1.68. The molecule has 0 saturated heterocycles. The van der Waals surface area contributed by atoms with Crippen LogP contribution in [0.4, 0.5) is 0 Å². The Labute approximate surface area is 71.3 Å². The highest BCUT2D eigenvalue weighted by Gasteiger charge is 1.95. The van der Waals surface area contributed by atoms with Crippen molar-refractivity contribution in [3.63, 3.8) is 0 Å². The van der Waals surface area contributed by atoms with Crippen LogP contribution in [0, 0.1) is 0 Å². The van der Waals surface area contributed by atoms with Gasteiger partial charge >= 0.3 is 0 Å². The SMILES string of the molecule is C=COCc1ccccc1Cl. The lowest BCUT2D eigenvalue weighted by atomic mass is 10.2. The molecule has 0 fully saturated rings. The summed E-state index contributed by atoms with van der Waals surface area (Å²) in [5.41, 5.74) is 0.981. The summed E-state index contributed by atoms with van der Waals surface area (Å²) < 4.78 is 4.98. The van der Waals surface area contributed by atoms with Crippen molar-refractivity contribution >= 4 is 11.6 Å². The van der Waals surface area contributed by atoms with Crippen LogP contribution < -0.4 is 0 Å². The monoisotopic (exact) mass is 168 g/mol. The molecule has 58 valence electrons.